The van der Waals surface area contributed by atoms with Gasteiger partial charge >= 0.3 is 0 Å². The lowest BCUT2D eigenvalue weighted by atomic mass is 10.0. The van der Waals surface area contributed by atoms with Gasteiger partial charge in [-0.05, 0) is 32.0 Å². The van der Waals surface area contributed by atoms with Gasteiger partial charge in [-0.2, -0.15) is 0 Å². The van der Waals surface area contributed by atoms with E-state index in [4.69, 9.17) is 4.42 Å². The molecule has 0 radical (unpaired) electrons. The van der Waals surface area contributed by atoms with Gasteiger partial charge in [-0.15, -0.1) is 0 Å². The van der Waals surface area contributed by atoms with Gasteiger partial charge in [0.25, 0.3) is 5.22 Å². The highest BCUT2D eigenvalue weighted by Crippen LogP contribution is 2.25. The van der Waals surface area contributed by atoms with Crippen LogP contribution in [-0.4, -0.2) is 17.8 Å². The fraction of sp³-hybridized carbons (Fsp3) is 0.357. The van der Waals surface area contributed by atoms with Gasteiger partial charge < -0.3 is 9.73 Å². The van der Waals surface area contributed by atoms with E-state index in [1.165, 1.54) is 16.7 Å². The van der Waals surface area contributed by atoms with E-state index in [1.807, 2.05) is 7.05 Å². The number of thioether (sulfide) groups is 1. The highest BCUT2D eigenvalue weighted by Gasteiger charge is 2.13. The topological polar surface area (TPSA) is 38.1 Å². The number of nitrogens with one attached hydrogen (secondary N) is 1. The molecule has 1 atom stereocenters. The summed E-state index contributed by atoms with van der Waals surface area (Å²) in [6.45, 7) is 4.27. The van der Waals surface area contributed by atoms with E-state index in [1.54, 1.807) is 24.2 Å². The highest BCUT2D eigenvalue weighted by atomic mass is 32.2. The molecule has 0 fully saturated rings. The first-order valence-electron chi connectivity index (χ1n) is 5.97. The normalized spacial score (nSPS) is 12.6. The Balaban J connectivity index is 2.10. The minimum atomic E-state index is 0.307. The molecule has 0 saturated carbocycles. The Morgan fingerprint density at radius 2 is 2.22 bits per heavy atom. The van der Waals surface area contributed by atoms with E-state index < -0.39 is 0 Å². The molecule has 2 aromatic rings. The molecule has 0 aliphatic heterocycles. The Labute approximate surface area is 112 Å². The molecule has 0 amide bonds. The van der Waals surface area contributed by atoms with Crippen molar-refractivity contribution in [2.45, 2.75) is 25.1 Å². The van der Waals surface area contributed by atoms with Gasteiger partial charge in [-0.1, -0.05) is 35.5 Å². The van der Waals surface area contributed by atoms with Crippen LogP contribution in [0.3, 0.4) is 0 Å². The second-order valence-electron chi connectivity index (χ2n) is 4.31. The number of nitrogens with zero attached hydrogens (tertiary/aromatic N) is 1. The number of aryl methyl sites for hydroxylation is 2. The number of oxazole rings is 1. The molecule has 0 saturated heterocycles. The maximum atomic E-state index is 5.24. The van der Waals surface area contributed by atoms with Crippen molar-refractivity contribution in [3.8, 4) is 0 Å². The lowest BCUT2D eigenvalue weighted by Crippen LogP contribution is -2.19. The number of benzene rings is 1. The molecule has 1 N–H and O–H groups in total. The molecule has 1 unspecified atom stereocenters. The Bertz CT molecular complexity index is 497. The van der Waals surface area contributed by atoms with Crippen molar-refractivity contribution in [1.29, 1.82) is 0 Å². The van der Waals surface area contributed by atoms with Gasteiger partial charge in [-0.3, -0.25) is 0 Å². The zero-order chi connectivity index (χ0) is 13.0. The summed E-state index contributed by atoms with van der Waals surface area (Å²) in [6, 6.07) is 6.87. The van der Waals surface area contributed by atoms with Crippen LogP contribution in [0.25, 0.3) is 0 Å². The van der Waals surface area contributed by atoms with Crippen molar-refractivity contribution < 1.29 is 4.42 Å². The Kier molecular flexibility index (Phi) is 4.44. The summed E-state index contributed by atoms with van der Waals surface area (Å²) in [6.07, 6.45) is 3.28. The van der Waals surface area contributed by atoms with E-state index >= 15 is 0 Å². The maximum absolute atomic E-state index is 5.24. The average molecular weight is 262 g/mol. The lowest BCUT2D eigenvalue weighted by Gasteiger charge is -2.18. The summed E-state index contributed by atoms with van der Waals surface area (Å²) in [4.78, 5) is 4.12. The second-order valence-corrected chi connectivity index (χ2v) is 5.28. The van der Waals surface area contributed by atoms with Gasteiger partial charge in [0, 0.05) is 11.8 Å². The van der Waals surface area contributed by atoms with Crippen molar-refractivity contribution in [1.82, 2.24) is 10.3 Å². The molecule has 0 aliphatic carbocycles. The highest BCUT2D eigenvalue weighted by molar-refractivity contribution is 7.99. The van der Waals surface area contributed by atoms with Crippen LogP contribution in [0.15, 0.2) is 40.3 Å². The molecule has 2 rings (SSSR count). The molecule has 1 heterocycles. The van der Waals surface area contributed by atoms with E-state index in [9.17, 15) is 0 Å². The minimum Gasteiger partial charge on any atom is -0.440 e. The summed E-state index contributed by atoms with van der Waals surface area (Å²) >= 11 is 1.63. The fourth-order valence-electron chi connectivity index (χ4n) is 1.90. The first kappa shape index (κ1) is 13.2. The molecular formula is C14H18N2OS. The Morgan fingerprint density at radius 3 is 2.89 bits per heavy atom. The minimum absolute atomic E-state index is 0.307. The summed E-state index contributed by atoms with van der Waals surface area (Å²) in [5.74, 6) is 0.904. The Morgan fingerprint density at radius 1 is 1.39 bits per heavy atom. The molecule has 1 aromatic heterocycles. The molecule has 1 aromatic carbocycles. The van der Waals surface area contributed by atoms with Crippen molar-refractivity contribution in [2.24, 2.45) is 0 Å². The van der Waals surface area contributed by atoms with Gasteiger partial charge in [0.2, 0.25) is 0 Å². The summed E-state index contributed by atoms with van der Waals surface area (Å²) in [5.41, 5.74) is 3.95. The standard InChI is InChI=1S/C14H18N2OS/c1-10-4-5-11(2)12(8-10)13(15-3)9-18-14-16-6-7-17-14/h4-8,13,15H,9H2,1-3H3. The van der Waals surface area contributed by atoms with Crippen LogP contribution < -0.4 is 5.32 Å². The average Bonchev–Trinajstić information content (AvgIpc) is 2.87. The summed E-state index contributed by atoms with van der Waals surface area (Å²) in [5, 5.41) is 4.08. The molecule has 0 spiro atoms. The van der Waals surface area contributed by atoms with Crippen LogP contribution in [0.4, 0.5) is 0 Å². The molecule has 3 nitrogen and oxygen atoms in total. The van der Waals surface area contributed by atoms with Crippen LogP contribution >= 0.6 is 11.8 Å². The van der Waals surface area contributed by atoms with E-state index in [-0.39, 0.29) is 0 Å². The van der Waals surface area contributed by atoms with Crippen LogP contribution in [0, 0.1) is 13.8 Å². The van der Waals surface area contributed by atoms with E-state index in [0.29, 0.717) is 6.04 Å². The molecule has 4 heteroatoms. The van der Waals surface area contributed by atoms with Crippen molar-refractivity contribution in [2.75, 3.05) is 12.8 Å². The zero-order valence-electron chi connectivity index (χ0n) is 10.9. The third kappa shape index (κ3) is 3.15. The fourth-order valence-corrected chi connectivity index (χ4v) is 2.81. The predicted octanol–water partition coefficient (Wildman–Crippen LogP) is 3.34. The van der Waals surface area contributed by atoms with Crippen LogP contribution in [-0.2, 0) is 0 Å². The second kappa shape index (κ2) is 6.07. The van der Waals surface area contributed by atoms with Crippen molar-refractivity contribution in [3.05, 3.63) is 47.3 Å². The number of hydrogen-bond acceptors (Lipinski definition) is 4. The summed E-state index contributed by atoms with van der Waals surface area (Å²) < 4.78 is 5.24. The van der Waals surface area contributed by atoms with E-state index in [0.717, 1.165) is 11.0 Å². The van der Waals surface area contributed by atoms with Crippen LogP contribution in [0.2, 0.25) is 0 Å². The quantitative estimate of drug-likeness (QED) is 0.839. The van der Waals surface area contributed by atoms with E-state index in [2.05, 4.69) is 42.3 Å². The maximum Gasteiger partial charge on any atom is 0.255 e. The predicted molar refractivity (Wildman–Crippen MR) is 74.9 cm³/mol. The molecule has 0 aliphatic rings. The van der Waals surface area contributed by atoms with Gasteiger partial charge in [0.05, 0.1) is 6.20 Å². The van der Waals surface area contributed by atoms with Crippen molar-refractivity contribution in [3.63, 3.8) is 0 Å². The first-order valence-corrected chi connectivity index (χ1v) is 6.96. The largest absolute Gasteiger partial charge is 0.440 e. The van der Waals surface area contributed by atoms with Crippen LogP contribution in [0.5, 0.6) is 0 Å². The van der Waals surface area contributed by atoms with Gasteiger partial charge in [0.15, 0.2) is 0 Å². The Hall–Kier alpha value is -1.26. The lowest BCUT2D eigenvalue weighted by molar-refractivity contribution is 0.453. The number of hydrogen-bond donors (Lipinski definition) is 1. The SMILES string of the molecule is CNC(CSc1ncco1)c1cc(C)ccc1C. The zero-order valence-corrected chi connectivity index (χ0v) is 11.8. The first-order chi connectivity index (χ1) is 8.70. The van der Waals surface area contributed by atoms with Crippen molar-refractivity contribution >= 4 is 11.8 Å². The molecular weight excluding hydrogens is 244 g/mol. The molecule has 0 bridgehead atoms. The third-order valence-electron chi connectivity index (χ3n) is 2.94. The number of rotatable bonds is 5. The summed E-state index contributed by atoms with van der Waals surface area (Å²) in [7, 11) is 1.99. The number of aromatic nitrogens is 1. The smallest absolute Gasteiger partial charge is 0.255 e. The monoisotopic (exact) mass is 262 g/mol. The van der Waals surface area contributed by atoms with Gasteiger partial charge in [-0.25, -0.2) is 4.98 Å². The van der Waals surface area contributed by atoms with Crippen LogP contribution in [0.1, 0.15) is 22.7 Å². The third-order valence-corrected chi connectivity index (χ3v) is 3.89. The van der Waals surface area contributed by atoms with Gasteiger partial charge in [0.1, 0.15) is 6.26 Å². The molecule has 18 heavy (non-hydrogen) atoms. The molecule has 96 valence electrons.